The van der Waals surface area contributed by atoms with E-state index in [9.17, 15) is 19.1 Å². The zero-order chi connectivity index (χ0) is 20.7. The smallest absolute Gasteiger partial charge is 0.312 e. The van der Waals surface area contributed by atoms with Gasteiger partial charge in [0.25, 0.3) is 0 Å². The summed E-state index contributed by atoms with van der Waals surface area (Å²) < 4.78 is 28.8. The fourth-order valence-corrected chi connectivity index (χ4v) is 2.74. The summed E-state index contributed by atoms with van der Waals surface area (Å²) in [5.74, 6) is -1.68. The number of rotatable bonds is 9. The van der Waals surface area contributed by atoms with Gasteiger partial charge in [0.15, 0.2) is 11.5 Å². The monoisotopic (exact) mass is 391 g/mol. The molecule has 0 fully saturated rings. The summed E-state index contributed by atoms with van der Waals surface area (Å²) in [6.07, 6.45) is -0.00747. The number of methoxy groups -OCH3 is 3. The molecule has 8 heteroatoms. The van der Waals surface area contributed by atoms with Gasteiger partial charge in [-0.3, -0.25) is 9.59 Å². The highest BCUT2D eigenvalue weighted by molar-refractivity contribution is 5.81. The first kappa shape index (κ1) is 21.0. The van der Waals surface area contributed by atoms with Crippen LogP contribution in [0.1, 0.15) is 17.0 Å². The standard InChI is InChI=1S/C20H22FNO6/c1-26-16-8-12(9-17(27-2)19(16)28-3)10-18(23)22-11-15(20(24)25)13-4-6-14(21)7-5-13/h4-9,15H,10-11H2,1-3H3,(H,22,23)(H,24,25). The predicted molar refractivity (Wildman–Crippen MR) is 99.6 cm³/mol. The summed E-state index contributed by atoms with van der Waals surface area (Å²) in [7, 11) is 4.43. The first-order valence-corrected chi connectivity index (χ1v) is 8.43. The van der Waals surface area contributed by atoms with E-state index in [1.165, 1.54) is 45.6 Å². The number of carboxylic acids is 1. The van der Waals surface area contributed by atoms with Crippen LogP contribution in [0.3, 0.4) is 0 Å². The number of carbonyl (C=O) groups excluding carboxylic acids is 1. The number of benzene rings is 2. The summed E-state index contributed by atoms with van der Waals surface area (Å²) >= 11 is 0. The molecule has 0 spiro atoms. The molecular weight excluding hydrogens is 369 g/mol. The number of hydrogen-bond donors (Lipinski definition) is 2. The lowest BCUT2D eigenvalue weighted by Gasteiger charge is -2.15. The highest BCUT2D eigenvalue weighted by atomic mass is 19.1. The van der Waals surface area contributed by atoms with Crippen molar-refractivity contribution in [1.29, 1.82) is 0 Å². The molecule has 0 radical (unpaired) electrons. The minimum atomic E-state index is -1.11. The minimum Gasteiger partial charge on any atom is -0.493 e. The van der Waals surface area contributed by atoms with Crippen LogP contribution in [-0.4, -0.2) is 44.9 Å². The molecule has 2 rings (SSSR count). The number of carbonyl (C=O) groups is 2. The first-order chi connectivity index (χ1) is 13.4. The van der Waals surface area contributed by atoms with Crippen LogP contribution < -0.4 is 19.5 Å². The fourth-order valence-electron chi connectivity index (χ4n) is 2.74. The maximum Gasteiger partial charge on any atom is 0.312 e. The molecule has 28 heavy (non-hydrogen) atoms. The molecule has 150 valence electrons. The van der Waals surface area contributed by atoms with Gasteiger partial charge < -0.3 is 24.6 Å². The Kier molecular flexibility index (Phi) is 7.20. The van der Waals surface area contributed by atoms with Crippen molar-refractivity contribution in [2.45, 2.75) is 12.3 Å². The number of amides is 1. The Balaban J connectivity index is 2.08. The van der Waals surface area contributed by atoms with Crippen molar-refractivity contribution in [3.8, 4) is 17.2 Å². The molecule has 2 aromatic rings. The Labute approximate surface area is 162 Å². The molecule has 0 saturated heterocycles. The normalized spacial score (nSPS) is 11.4. The van der Waals surface area contributed by atoms with Gasteiger partial charge in [0.1, 0.15) is 5.82 Å². The topological polar surface area (TPSA) is 94.1 Å². The van der Waals surface area contributed by atoms with Gasteiger partial charge in [0.05, 0.1) is 33.7 Å². The second-order valence-corrected chi connectivity index (χ2v) is 5.96. The molecule has 2 N–H and O–H groups in total. The number of nitrogens with one attached hydrogen (secondary N) is 1. The summed E-state index contributed by atoms with van der Waals surface area (Å²) in [6.45, 7) is -0.121. The van der Waals surface area contributed by atoms with Crippen molar-refractivity contribution < 1.29 is 33.3 Å². The van der Waals surface area contributed by atoms with Crippen LogP contribution in [0, 0.1) is 5.82 Å². The van der Waals surface area contributed by atoms with Gasteiger partial charge in [-0.15, -0.1) is 0 Å². The third kappa shape index (κ3) is 5.12. The molecule has 0 aliphatic rings. The van der Waals surface area contributed by atoms with Gasteiger partial charge in [-0.1, -0.05) is 12.1 Å². The van der Waals surface area contributed by atoms with Crippen molar-refractivity contribution in [2.75, 3.05) is 27.9 Å². The molecule has 1 amide bonds. The Morgan fingerprint density at radius 3 is 2.07 bits per heavy atom. The first-order valence-electron chi connectivity index (χ1n) is 8.43. The second-order valence-electron chi connectivity index (χ2n) is 5.96. The lowest BCUT2D eigenvalue weighted by molar-refractivity contribution is -0.138. The Hall–Kier alpha value is -3.29. The minimum absolute atomic E-state index is 0.00747. The lowest BCUT2D eigenvalue weighted by atomic mass is 9.99. The average molecular weight is 391 g/mol. The maximum atomic E-state index is 13.0. The lowest BCUT2D eigenvalue weighted by Crippen LogP contribution is -2.32. The van der Waals surface area contributed by atoms with Crippen molar-refractivity contribution in [1.82, 2.24) is 5.32 Å². The van der Waals surface area contributed by atoms with Gasteiger partial charge in [0, 0.05) is 6.54 Å². The summed E-state index contributed by atoms with van der Waals surface area (Å²) in [5, 5.41) is 12.0. The summed E-state index contributed by atoms with van der Waals surface area (Å²) in [5.41, 5.74) is 1.02. The molecule has 0 heterocycles. The Morgan fingerprint density at radius 2 is 1.61 bits per heavy atom. The molecule has 0 bridgehead atoms. The van der Waals surface area contributed by atoms with E-state index in [-0.39, 0.29) is 18.9 Å². The van der Waals surface area contributed by atoms with Crippen LogP contribution in [0.5, 0.6) is 17.2 Å². The average Bonchev–Trinajstić information content (AvgIpc) is 2.68. The van der Waals surface area contributed by atoms with Crippen LogP contribution in [0.25, 0.3) is 0 Å². The van der Waals surface area contributed by atoms with Gasteiger partial charge in [-0.2, -0.15) is 0 Å². The molecule has 1 atom stereocenters. The van der Waals surface area contributed by atoms with E-state index in [4.69, 9.17) is 14.2 Å². The van der Waals surface area contributed by atoms with Crippen LogP contribution in [0.15, 0.2) is 36.4 Å². The molecule has 7 nitrogen and oxygen atoms in total. The second kappa shape index (κ2) is 9.59. The van der Waals surface area contributed by atoms with E-state index >= 15 is 0 Å². The summed E-state index contributed by atoms with van der Waals surface area (Å²) in [4.78, 5) is 23.8. The van der Waals surface area contributed by atoms with Gasteiger partial charge in [-0.25, -0.2) is 4.39 Å². The molecule has 0 aliphatic heterocycles. The third-order valence-corrected chi connectivity index (χ3v) is 4.16. The zero-order valence-corrected chi connectivity index (χ0v) is 15.8. The van der Waals surface area contributed by atoms with Gasteiger partial charge in [-0.05, 0) is 35.4 Å². The van der Waals surface area contributed by atoms with Crippen LogP contribution >= 0.6 is 0 Å². The molecule has 0 aliphatic carbocycles. The fraction of sp³-hybridized carbons (Fsp3) is 0.300. The molecule has 0 saturated carbocycles. The van der Waals surface area contributed by atoms with Crippen molar-refractivity contribution >= 4 is 11.9 Å². The SMILES string of the molecule is COc1cc(CC(=O)NCC(C(=O)O)c2ccc(F)cc2)cc(OC)c1OC. The number of aliphatic carboxylic acids is 1. The van der Waals surface area contributed by atoms with Crippen molar-refractivity contribution in [2.24, 2.45) is 0 Å². The maximum absolute atomic E-state index is 13.0. The number of ether oxygens (including phenoxy) is 3. The van der Waals surface area contributed by atoms with Crippen molar-refractivity contribution in [3.05, 3.63) is 53.3 Å². The highest BCUT2D eigenvalue weighted by Crippen LogP contribution is 2.38. The largest absolute Gasteiger partial charge is 0.493 e. The third-order valence-electron chi connectivity index (χ3n) is 4.16. The van der Waals surface area contributed by atoms with E-state index in [0.29, 0.717) is 28.4 Å². The zero-order valence-electron chi connectivity index (χ0n) is 15.8. The van der Waals surface area contributed by atoms with Gasteiger partial charge >= 0.3 is 5.97 Å². The quantitative estimate of drug-likeness (QED) is 0.682. The van der Waals surface area contributed by atoms with E-state index in [1.54, 1.807) is 12.1 Å². The van der Waals surface area contributed by atoms with E-state index in [0.717, 1.165) is 0 Å². The van der Waals surface area contributed by atoms with Crippen molar-refractivity contribution in [3.63, 3.8) is 0 Å². The Morgan fingerprint density at radius 1 is 1.04 bits per heavy atom. The Bertz CT molecular complexity index is 812. The van der Waals surface area contributed by atoms with Crippen LogP contribution in [0.4, 0.5) is 4.39 Å². The number of hydrogen-bond acceptors (Lipinski definition) is 5. The van der Waals surface area contributed by atoms with Crippen LogP contribution in [0.2, 0.25) is 0 Å². The molecule has 1 unspecified atom stereocenters. The van der Waals surface area contributed by atoms with Crippen LogP contribution in [-0.2, 0) is 16.0 Å². The predicted octanol–water partition coefficient (Wildman–Crippen LogP) is 2.38. The molecular formula is C20H22FNO6. The molecule has 0 aromatic heterocycles. The van der Waals surface area contributed by atoms with Gasteiger partial charge in [0.2, 0.25) is 11.7 Å². The summed E-state index contributed by atoms with van der Waals surface area (Å²) in [6, 6.07) is 8.44. The number of carboxylic acid groups (broad SMARTS) is 1. The highest BCUT2D eigenvalue weighted by Gasteiger charge is 2.21. The van der Waals surface area contributed by atoms with E-state index < -0.39 is 17.7 Å². The molecule has 2 aromatic carbocycles. The number of halogens is 1. The van der Waals surface area contributed by atoms with E-state index in [2.05, 4.69) is 5.32 Å². The van der Waals surface area contributed by atoms with E-state index in [1.807, 2.05) is 0 Å².